The molecule has 0 unspecified atom stereocenters. The van der Waals surface area contributed by atoms with Crippen molar-refractivity contribution in [3.63, 3.8) is 0 Å². The third-order valence-corrected chi connectivity index (χ3v) is 0. The first-order chi connectivity index (χ1) is 1.41. The summed E-state index contributed by atoms with van der Waals surface area (Å²) in [6, 6.07) is 0. The topological polar surface area (TPSA) is 32.6 Å². The summed E-state index contributed by atoms with van der Waals surface area (Å²) in [5, 5.41) is 9.33. The molecular formula is CH4NNaO. The van der Waals surface area contributed by atoms with E-state index < -0.39 is 0 Å². The first-order valence-electron chi connectivity index (χ1n) is 0.516. The number of nitrogens with zero attached hydrogens (tertiary/aromatic N) is 1. The zero-order chi connectivity index (χ0) is 2.71. The molecule has 0 radical (unpaired) electrons. The van der Waals surface area contributed by atoms with E-state index in [2.05, 4.69) is 11.9 Å². The van der Waals surface area contributed by atoms with Crippen molar-refractivity contribution in [2.75, 3.05) is 0 Å². The average Bonchev–Trinajstić information content (AvgIpc) is 0.918. The van der Waals surface area contributed by atoms with E-state index in [0.29, 0.717) is 0 Å². The fraction of sp³-hybridized carbons (Fsp3) is 0. The Morgan fingerprint density at radius 2 is 2.00 bits per heavy atom. The van der Waals surface area contributed by atoms with Gasteiger partial charge in [0.1, 0.15) is 0 Å². The van der Waals surface area contributed by atoms with Gasteiger partial charge in [-0.25, -0.2) is 0 Å². The van der Waals surface area contributed by atoms with Gasteiger partial charge in [0.15, 0.2) is 0 Å². The summed E-state index contributed by atoms with van der Waals surface area (Å²) < 4.78 is 0. The monoisotopic (exact) mass is 69.0 g/mol. The van der Waals surface area contributed by atoms with Crippen LogP contribution in [0.15, 0.2) is 5.16 Å². The SMILES string of the molecule is C=NO.[H-].[Na+]. The molecule has 0 aromatic heterocycles. The molecule has 20 valence electrons. The molecule has 0 aliphatic rings. The Bertz CT molecular complexity index is 19.1. The van der Waals surface area contributed by atoms with Gasteiger partial charge < -0.3 is 6.63 Å². The van der Waals surface area contributed by atoms with Crippen molar-refractivity contribution in [2.45, 2.75) is 0 Å². The molecule has 2 nitrogen and oxygen atoms in total. The number of hydrogen-bond acceptors (Lipinski definition) is 2. The molecule has 1 N–H and O–H groups in total. The molecule has 0 saturated carbocycles. The molecule has 0 rings (SSSR count). The molecule has 3 heteroatoms. The Morgan fingerprint density at radius 3 is 2.00 bits per heavy atom. The minimum absolute atomic E-state index is 0. The van der Waals surface area contributed by atoms with E-state index in [1.165, 1.54) is 0 Å². The zero-order valence-corrected chi connectivity index (χ0v) is 4.60. The molecule has 0 aromatic carbocycles. The Balaban J connectivity index is -0.0000000200. The predicted molar refractivity (Wildman–Crippen MR) is 12.4 cm³/mol. The second kappa shape index (κ2) is 9.80. The molecule has 0 aromatic rings. The molecule has 0 fully saturated rings. The molecule has 0 saturated heterocycles. The van der Waals surface area contributed by atoms with Gasteiger partial charge in [0.25, 0.3) is 0 Å². The van der Waals surface area contributed by atoms with Crippen LogP contribution < -0.4 is 29.6 Å². The van der Waals surface area contributed by atoms with Gasteiger partial charge >= 0.3 is 29.6 Å². The van der Waals surface area contributed by atoms with Crippen LogP contribution in [0.1, 0.15) is 1.43 Å². The molecule has 0 aliphatic heterocycles. The van der Waals surface area contributed by atoms with E-state index in [1.54, 1.807) is 0 Å². The maximum absolute atomic E-state index is 7.08. The molecule has 0 atom stereocenters. The van der Waals surface area contributed by atoms with Crippen LogP contribution >= 0.6 is 0 Å². The van der Waals surface area contributed by atoms with Crippen molar-refractivity contribution in [3.05, 3.63) is 0 Å². The van der Waals surface area contributed by atoms with Gasteiger partial charge in [-0.05, 0) is 0 Å². The predicted octanol–water partition coefficient (Wildman–Crippen LogP) is -2.81. The summed E-state index contributed by atoms with van der Waals surface area (Å²) >= 11 is 0. The van der Waals surface area contributed by atoms with Gasteiger partial charge in [0.05, 0.1) is 0 Å². The van der Waals surface area contributed by atoms with Crippen LogP contribution in [-0.2, 0) is 0 Å². The molecule has 0 heterocycles. The van der Waals surface area contributed by atoms with Crippen molar-refractivity contribution in [1.82, 2.24) is 0 Å². The van der Waals surface area contributed by atoms with Gasteiger partial charge in [-0.1, -0.05) is 0 Å². The fourth-order valence-electron chi connectivity index (χ4n) is 0. The van der Waals surface area contributed by atoms with Gasteiger partial charge in [-0.2, -0.15) is 0 Å². The van der Waals surface area contributed by atoms with Gasteiger partial charge in [0, 0.05) is 6.72 Å². The standard InChI is InChI=1S/CH3NO.Na.H/c1-2-3;;/h3H,1H2;;/q;+1;-1. The largest absolute Gasteiger partial charge is 1.00 e. The van der Waals surface area contributed by atoms with Crippen LogP contribution in [0.5, 0.6) is 0 Å². The van der Waals surface area contributed by atoms with Crippen molar-refractivity contribution in [1.29, 1.82) is 0 Å². The van der Waals surface area contributed by atoms with E-state index in [-0.39, 0.29) is 31.0 Å². The normalized spacial score (nSPS) is 3.00. The van der Waals surface area contributed by atoms with E-state index in [4.69, 9.17) is 5.21 Å². The average molecular weight is 69.0 g/mol. The van der Waals surface area contributed by atoms with Crippen molar-refractivity contribution >= 4 is 6.72 Å². The molecule has 0 bridgehead atoms. The van der Waals surface area contributed by atoms with Crippen molar-refractivity contribution in [2.24, 2.45) is 5.16 Å². The van der Waals surface area contributed by atoms with E-state index >= 15 is 0 Å². The molecule has 4 heavy (non-hydrogen) atoms. The van der Waals surface area contributed by atoms with Crippen molar-refractivity contribution < 1.29 is 36.2 Å². The number of hydrogen-bond donors (Lipinski definition) is 1. The minimum Gasteiger partial charge on any atom is -1.00 e. The quantitative estimate of drug-likeness (QED) is 0.142. The first kappa shape index (κ1) is 8.82. The van der Waals surface area contributed by atoms with Gasteiger partial charge in [-0.3, -0.25) is 0 Å². The van der Waals surface area contributed by atoms with Crippen LogP contribution in [0.3, 0.4) is 0 Å². The maximum atomic E-state index is 7.08. The molecule has 0 aliphatic carbocycles. The van der Waals surface area contributed by atoms with Crippen LogP contribution in [-0.4, -0.2) is 11.9 Å². The second-order valence-corrected chi connectivity index (χ2v) is 0.141. The minimum atomic E-state index is 0. The summed E-state index contributed by atoms with van der Waals surface area (Å²) in [6.45, 7) is 2.67. The Hall–Kier alpha value is 0.470. The summed E-state index contributed by atoms with van der Waals surface area (Å²) in [6.07, 6.45) is 0. The van der Waals surface area contributed by atoms with E-state index in [1.807, 2.05) is 0 Å². The summed E-state index contributed by atoms with van der Waals surface area (Å²) in [5.74, 6) is 0. The number of oxime groups is 1. The third-order valence-electron chi connectivity index (χ3n) is 0. The summed E-state index contributed by atoms with van der Waals surface area (Å²) in [7, 11) is 0. The van der Waals surface area contributed by atoms with Gasteiger partial charge in [0.2, 0.25) is 0 Å². The van der Waals surface area contributed by atoms with Gasteiger partial charge in [-0.15, -0.1) is 5.16 Å². The molecule has 0 amide bonds. The Morgan fingerprint density at radius 1 is 2.00 bits per heavy atom. The van der Waals surface area contributed by atoms with Crippen LogP contribution in [0.25, 0.3) is 0 Å². The second-order valence-electron chi connectivity index (χ2n) is 0.141. The first-order valence-corrected chi connectivity index (χ1v) is 0.516. The van der Waals surface area contributed by atoms with Crippen molar-refractivity contribution in [3.8, 4) is 0 Å². The number of rotatable bonds is 0. The summed E-state index contributed by atoms with van der Waals surface area (Å²) in [5.41, 5.74) is 0. The zero-order valence-electron chi connectivity index (χ0n) is 3.60. The molecular weight excluding hydrogens is 65.0 g/mol. The van der Waals surface area contributed by atoms with Crippen LogP contribution in [0, 0.1) is 0 Å². The van der Waals surface area contributed by atoms with E-state index in [9.17, 15) is 0 Å². The Labute approximate surface area is 48.3 Å². The smallest absolute Gasteiger partial charge is 1.00 e. The Kier molecular flexibility index (Phi) is 21.6. The third kappa shape index (κ3) is 24.2. The van der Waals surface area contributed by atoms with Crippen LogP contribution in [0.2, 0.25) is 0 Å². The maximum Gasteiger partial charge on any atom is 1.00 e. The molecule has 0 spiro atoms. The van der Waals surface area contributed by atoms with E-state index in [0.717, 1.165) is 0 Å². The summed E-state index contributed by atoms with van der Waals surface area (Å²) in [4.78, 5) is 0. The fourth-order valence-corrected chi connectivity index (χ4v) is 0. The van der Waals surface area contributed by atoms with Crippen LogP contribution in [0.4, 0.5) is 0 Å².